The van der Waals surface area contributed by atoms with Gasteiger partial charge >= 0.3 is 6.16 Å². The Morgan fingerprint density at radius 3 is 2.21 bits per heavy atom. The van der Waals surface area contributed by atoms with Crippen LogP contribution < -0.4 is 9.64 Å². The summed E-state index contributed by atoms with van der Waals surface area (Å²) in [6.45, 7) is 3.66. The van der Waals surface area contributed by atoms with Crippen LogP contribution in [-0.2, 0) is 0 Å². The van der Waals surface area contributed by atoms with Gasteiger partial charge in [-0.15, -0.1) is 0 Å². The lowest BCUT2D eigenvalue weighted by Crippen LogP contribution is -2.37. The molecule has 1 heterocycles. The van der Waals surface area contributed by atoms with E-state index in [1.165, 1.54) is 23.1 Å². The van der Waals surface area contributed by atoms with E-state index in [9.17, 15) is 9.59 Å². The quantitative estimate of drug-likeness (QED) is 0.433. The molecule has 0 unspecified atom stereocenters. The van der Waals surface area contributed by atoms with Gasteiger partial charge in [-0.25, -0.2) is 4.79 Å². The number of halogens is 2. The molecule has 0 saturated heterocycles. The molecule has 0 aliphatic heterocycles. The summed E-state index contributed by atoms with van der Waals surface area (Å²) in [6, 6.07) is 15.5. The smallest absolute Gasteiger partial charge is 0.449 e. The standard InChI is InChI=1S/C21H17Cl2NO4S/c1-12(2)24(19(25)14-8-15(22)10-16(23)9-14)17-11-18(13-6-4-3-5-7-13)29-20(17)28-21(26)27/h3-12H,1-2H3,(H,26,27). The van der Waals surface area contributed by atoms with E-state index in [4.69, 9.17) is 33.0 Å². The molecule has 2 aromatic carbocycles. The van der Waals surface area contributed by atoms with Crippen molar-refractivity contribution in [2.75, 3.05) is 4.90 Å². The molecule has 0 saturated carbocycles. The summed E-state index contributed by atoms with van der Waals surface area (Å²) in [5.74, 6) is -0.364. The first-order valence-corrected chi connectivity index (χ1v) is 10.2. The molecule has 0 spiro atoms. The zero-order chi connectivity index (χ0) is 21.1. The van der Waals surface area contributed by atoms with E-state index in [0.29, 0.717) is 21.3 Å². The fourth-order valence-electron chi connectivity index (χ4n) is 2.87. The Bertz CT molecular complexity index is 1030. The number of hydrogen-bond acceptors (Lipinski definition) is 4. The average Bonchev–Trinajstić information content (AvgIpc) is 3.04. The Morgan fingerprint density at radius 1 is 1.03 bits per heavy atom. The maximum atomic E-state index is 13.3. The monoisotopic (exact) mass is 449 g/mol. The van der Waals surface area contributed by atoms with E-state index >= 15 is 0 Å². The number of anilines is 1. The lowest BCUT2D eigenvalue weighted by atomic mass is 10.1. The van der Waals surface area contributed by atoms with Crippen molar-refractivity contribution in [3.8, 4) is 15.5 Å². The van der Waals surface area contributed by atoms with Gasteiger partial charge in [-0.05, 0) is 43.7 Å². The second-order valence-corrected chi connectivity index (χ2v) is 8.33. The number of carbonyl (C=O) groups is 2. The van der Waals surface area contributed by atoms with Gasteiger partial charge in [0.1, 0.15) is 0 Å². The van der Waals surface area contributed by atoms with Crippen LogP contribution in [0, 0.1) is 0 Å². The molecule has 3 aromatic rings. The van der Waals surface area contributed by atoms with Crippen molar-refractivity contribution in [2.45, 2.75) is 19.9 Å². The first kappa shape index (κ1) is 21.2. The zero-order valence-corrected chi connectivity index (χ0v) is 17.9. The first-order valence-electron chi connectivity index (χ1n) is 8.66. The third kappa shape index (κ3) is 4.90. The van der Waals surface area contributed by atoms with Gasteiger partial charge in [0, 0.05) is 26.5 Å². The number of carbonyl (C=O) groups excluding carboxylic acids is 1. The number of rotatable bonds is 5. The molecule has 1 amide bonds. The molecule has 3 rings (SSSR count). The maximum absolute atomic E-state index is 13.3. The Hall–Kier alpha value is -2.54. The topological polar surface area (TPSA) is 66.8 Å². The predicted octanol–water partition coefficient (Wildman–Crippen LogP) is 6.83. The van der Waals surface area contributed by atoms with Crippen molar-refractivity contribution in [2.24, 2.45) is 0 Å². The van der Waals surface area contributed by atoms with E-state index in [0.717, 1.165) is 21.8 Å². The van der Waals surface area contributed by atoms with E-state index in [2.05, 4.69) is 0 Å². The zero-order valence-electron chi connectivity index (χ0n) is 15.6. The summed E-state index contributed by atoms with van der Waals surface area (Å²) in [7, 11) is 0. The number of hydrogen-bond donors (Lipinski definition) is 1. The lowest BCUT2D eigenvalue weighted by Gasteiger charge is -2.26. The fraction of sp³-hybridized carbons (Fsp3) is 0.143. The van der Waals surface area contributed by atoms with Crippen molar-refractivity contribution in [3.05, 3.63) is 70.2 Å². The molecule has 150 valence electrons. The number of nitrogens with zero attached hydrogens (tertiary/aromatic N) is 1. The summed E-state index contributed by atoms with van der Waals surface area (Å²) in [4.78, 5) is 26.8. The summed E-state index contributed by atoms with van der Waals surface area (Å²) in [5.41, 5.74) is 1.55. The lowest BCUT2D eigenvalue weighted by molar-refractivity contribution is 0.0978. The van der Waals surface area contributed by atoms with Gasteiger partial charge in [0.05, 0.1) is 5.69 Å². The van der Waals surface area contributed by atoms with E-state index in [1.807, 2.05) is 44.2 Å². The largest absolute Gasteiger partial charge is 0.512 e. The molecule has 8 heteroatoms. The second-order valence-electron chi connectivity index (χ2n) is 6.44. The molecule has 0 atom stereocenters. The van der Waals surface area contributed by atoms with Crippen LogP contribution in [0.5, 0.6) is 5.06 Å². The molecule has 0 bridgehead atoms. The third-order valence-corrected chi connectivity index (χ3v) is 5.51. The van der Waals surface area contributed by atoms with E-state index < -0.39 is 6.16 Å². The number of benzene rings is 2. The minimum Gasteiger partial charge on any atom is -0.449 e. The van der Waals surface area contributed by atoms with Gasteiger partial charge in [-0.3, -0.25) is 4.79 Å². The highest BCUT2D eigenvalue weighted by atomic mass is 35.5. The summed E-state index contributed by atoms with van der Waals surface area (Å²) >= 11 is 13.3. The van der Waals surface area contributed by atoms with Gasteiger partial charge in [0.15, 0.2) is 0 Å². The van der Waals surface area contributed by atoms with Crippen LogP contribution in [0.3, 0.4) is 0 Å². The predicted molar refractivity (Wildman–Crippen MR) is 117 cm³/mol. The first-order chi connectivity index (χ1) is 13.8. The van der Waals surface area contributed by atoms with E-state index in [-0.39, 0.29) is 17.0 Å². The van der Waals surface area contributed by atoms with E-state index in [1.54, 1.807) is 6.07 Å². The van der Waals surface area contributed by atoms with Gasteiger partial charge in [-0.2, -0.15) is 0 Å². The van der Waals surface area contributed by atoms with Gasteiger partial charge in [0.25, 0.3) is 5.91 Å². The van der Waals surface area contributed by atoms with Crippen LogP contribution >= 0.6 is 34.5 Å². The highest BCUT2D eigenvalue weighted by molar-refractivity contribution is 7.18. The highest BCUT2D eigenvalue weighted by Crippen LogP contribution is 2.44. The summed E-state index contributed by atoms with van der Waals surface area (Å²) in [5, 5.41) is 9.95. The van der Waals surface area contributed by atoms with Crippen molar-refractivity contribution in [1.29, 1.82) is 0 Å². The minimum absolute atomic E-state index is 0.117. The highest BCUT2D eigenvalue weighted by Gasteiger charge is 2.28. The van der Waals surface area contributed by atoms with Gasteiger partial charge in [0.2, 0.25) is 5.06 Å². The van der Waals surface area contributed by atoms with Crippen LogP contribution in [0.4, 0.5) is 10.5 Å². The number of carboxylic acid groups (broad SMARTS) is 1. The van der Waals surface area contributed by atoms with Crippen molar-refractivity contribution >= 4 is 52.3 Å². The Kier molecular flexibility index (Phi) is 6.47. The van der Waals surface area contributed by atoms with Crippen molar-refractivity contribution in [3.63, 3.8) is 0 Å². The molecular formula is C21H17Cl2NO4S. The third-order valence-electron chi connectivity index (χ3n) is 4.02. The Labute approximate surface area is 182 Å². The van der Waals surface area contributed by atoms with Gasteiger partial charge in [-0.1, -0.05) is 64.9 Å². The SMILES string of the molecule is CC(C)N(C(=O)c1cc(Cl)cc(Cl)c1)c1cc(-c2ccccc2)sc1OC(=O)O. The molecule has 5 nitrogen and oxygen atoms in total. The summed E-state index contributed by atoms with van der Waals surface area (Å²) in [6.07, 6.45) is -1.45. The van der Waals surface area contributed by atoms with Crippen molar-refractivity contribution in [1.82, 2.24) is 0 Å². The van der Waals surface area contributed by atoms with Crippen LogP contribution in [0.1, 0.15) is 24.2 Å². The molecular weight excluding hydrogens is 433 g/mol. The number of amides is 1. The molecule has 29 heavy (non-hydrogen) atoms. The summed E-state index contributed by atoms with van der Waals surface area (Å²) < 4.78 is 5.00. The number of thiophene rings is 1. The normalized spacial score (nSPS) is 10.8. The Morgan fingerprint density at radius 2 is 1.66 bits per heavy atom. The minimum atomic E-state index is -1.45. The van der Waals surface area contributed by atoms with Crippen molar-refractivity contribution < 1.29 is 19.4 Å². The molecule has 0 aliphatic rings. The molecule has 0 fully saturated rings. The molecule has 0 aliphatic carbocycles. The van der Waals surface area contributed by atoms with Crippen LogP contribution in [0.2, 0.25) is 10.0 Å². The molecule has 0 radical (unpaired) electrons. The van der Waals surface area contributed by atoms with Crippen LogP contribution in [0.25, 0.3) is 10.4 Å². The van der Waals surface area contributed by atoms with Crippen LogP contribution in [0.15, 0.2) is 54.6 Å². The Balaban J connectivity index is 2.11. The second kappa shape index (κ2) is 8.86. The molecule has 1 N–H and O–H groups in total. The maximum Gasteiger partial charge on any atom is 0.512 e. The van der Waals surface area contributed by atoms with Crippen LogP contribution in [-0.4, -0.2) is 23.2 Å². The van der Waals surface area contributed by atoms with Gasteiger partial charge < -0.3 is 14.7 Å². The fourth-order valence-corrected chi connectivity index (χ4v) is 4.39. The number of ether oxygens (including phenoxy) is 1. The molecule has 1 aromatic heterocycles. The average molecular weight is 450 g/mol.